The number of amides is 3. The number of sulfone groups is 1. The molecule has 0 bridgehead atoms. The van der Waals surface area contributed by atoms with Gasteiger partial charge in [-0.1, -0.05) is 16.9 Å². The number of carbonyl (C=O) groups excluding carboxylic acids is 3. The Morgan fingerprint density at radius 1 is 1.25 bits per heavy atom. The van der Waals surface area contributed by atoms with Gasteiger partial charge in [0.15, 0.2) is 28.2 Å². The molecular formula is C27H26N10O10S4. The predicted molar refractivity (Wildman–Crippen MR) is 184 cm³/mol. The number of carboxylic acid groups (broad SMARTS) is 1. The number of allylic oxidation sites excluding steroid dienone is 1. The smallest absolute Gasteiger partial charge is 0.352 e. The van der Waals surface area contributed by atoms with E-state index < -0.39 is 67.4 Å². The fourth-order valence-corrected chi connectivity index (χ4v) is 8.76. The van der Waals surface area contributed by atoms with Gasteiger partial charge in [-0.15, -0.1) is 28.6 Å². The number of hydrogen-bond donors (Lipinski definition) is 7. The normalized spacial score (nSPS) is 20.2. The van der Waals surface area contributed by atoms with Gasteiger partial charge in [-0.05, 0) is 25.1 Å². The van der Waals surface area contributed by atoms with E-state index in [-0.39, 0.29) is 39.3 Å². The molecule has 268 valence electrons. The molecule has 2 atom stereocenters. The Morgan fingerprint density at radius 2 is 2.02 bits per heavy atom. The zero-order chi connectivity index (χ0) is 36.8. The number of carbonyl (C=O) groups is 4. The van der Waals surface area contributed by atoms with Gasteiger partial charge in [-0.2, -0.15) is 0 Å². The second kappa shape index (κ2) is 13.8. The van der Waals surface area contributed by atoms with Crippen molar-refractivity contribution < 1.29 is 47.8 Å². The molecule has 0 saturated carbocycles. The van der Waals surface area contributed by atoms with E-state index in [0.717, 1.165) is 58.1 Å². The molecule has 1 fully saturated rings. The number of rotatable bonds is 11. The number of aromatic hydroxyl groups is 2. The molecule has 0 unspecified atom stereocenters. The van der Waals surface area contributed by atoms with E-state index in [2.05, 4.69) is 26.0 Å². The molecule has 1 aromatic carbocycles. The second-order valence-electron chi connectivity index (χ2n) is 10.8. The van der Waals surface area contributed by atoms with E-state index in [1.165, 1.54) is 21.5 Å². The summed E-state index contributed by atoms with van der Waals surface area (Å²) in [5, 5.41) is 38.8. The molecule has 24 heteroatoms. The van der Waals surface area contributed by atoms with Crippen LogP contribution in [0.5, 0.6) is 11.5 Å². The first-order chi connectivity index (χ1) is 24.1. The quantitative estimate of drug-likeness (QED) is 0.0897. The number of thioether (sulfide) groups is 2. The topological polar surface area (TPSA) is 296 Å². The van der Waals surface area contributed by atoms with Crippen molar-refractivity contribution >= 4 is 84.3 Å². The Hall–Kier alpha value is -5.30. The number of hydrogen-bond acceptors (Lipinski definition) is 19. The summed E-state index contributed by atoms with van der Waals surface area (Å²) in [4.78, 5) is 65.4. The van der Waals surface area contributed by atoms with Crippen molar-refractivity contribution in [3.63, 3.8) is 0 Å². The largest absolute Gasteiger partial charge is 0.504 e. The number of aromatic nitrogens is 1. The van der Waals surface area contributed by atoms with Crippen LogP contribution < -0.4 is 22.3 Å². The number of aliphatic imine (C=N–C) groups is 1. The van der Waals surface area contributed by atoms with Gasteiger partial charge in [0.2, 0.25) is 20.9 Å². The number of primary amides is 1. The maximum Gasteiger partial charge on any atom is 0.352 e. The van der Waals surface area contributed by atoms with Gasteiger partial charge >= 0.3 is 12.0 Å². The van der Waals surface area contributed by atoms with Crippen LogP contribution in [0.15, 0.2) is 73.0 Å². The summed E-state index contributed by atoms with van der Waals surface area (Å²) in [5.74, 6) is -4.15. The number of aliphatic carboxylic acids is 1. The van der Waals surface area contributed by atoms with Gasteiger partial charge in [0.1, 0.15) is 16.8 Å². The number of phenolic OH excluding ortho intramolecular Hbond substituents is 2. The van der Waals surface area contributed by atoms with Crippen LogP contribution in [0.25, 0.3) is 0 Å². The number of nitrogens with zero attached hydrogens (tertiary/aromatic N) is 6. The van der Waals surface area contributed by atoms with Crippen molar-refractivity contribution in [1.82, 2.24) is 30.8 Å². The minimum atomic E-state index is -4.20. The lowest BCUT2D eigenvalue weighted by atomic mass is 10.0. The van der Waals surface area contributed by atoms with Crippen molar-refractivity contribution in [2.24, 2.45) is 15.9 Å². The van der Waals surface area contributed by atoms with Crippen LogP contribution in [0, 0.1) is 0 Å². The molecule has 4 aliphatic heterocycles. The maximum absolute atomic E-state index is 13.4. The maximum atomic E-state index is 13.4. The highest BCUT2D eigenvalue weighted by atomic mass is 32.2. The monoisotopic (exact) mass is 778 g/mol. The Balaban J connectivity index is 1.15. The summed E-state index contributed by atoms with van der Waals surface area (Å²) in [5.41, 5.74) is 13.7. The SMILES string of the molecule is CC1=NC2=CN(C(N)=O)NN2C(SCC2=C(C(=O)O)N3C[C@@H](NC(=O)C(=NOCS(=O)(=O)c4ccc(O)c(O)c4)c4csc(N)n4)[C@H]3SC2=O)=C1. The molecule has 5 heterocycles. The number of thiazole rings is 1. The van der Waals surface area contributed by atoms with Crippen molar-refractivity contribution in [2.75, 3.05) is 24.0 Å². The molecule has 2 aromatic rings. The van der Waals surface area contributed by atoms with E-state index in [9.17, 15) is 42.9 Å². The average Bonchev–Trinajstić information content (AvgIpc) is 3.69. The van der Waals surface area contributed by atoms with Crippen molar-refractivity contribution in [3.8, 4) is 11.5 Å². The third-order valence-corrected chi connectivity index (χ3v) is 11.8. The highest BCUT2D eigenvalue weighted by molar-refractivity contribution is 8.15. The number of anilines is 1. The van der Waals surface area contributed by atoms with Gasteiger partial charge in [-0.25, -0.2) is 38.0 Å². The predicted octanol–water partition coefficient (Wildman–Crippen LogP) is -0.00890. The van der Waals surface area contributed by atoms with Crippen LogP contribution in [0.2, 0.25) is 0 Å². The number of nitrogen functional groups attached to an aromatic ring is 1. The van der Waals surface area contributed by atoms with Crippen LogP contribution in [-0.2, 0) is 29.1 Å². The number of urea groups is 1. The molecule has 9 N–H and O–H groups in total. The Bertz CT molecular complexity index is 2130. The fourth-order valence-electron chi connectivity index (χ4n) is 4.98. The second-order valence-corrected chi connectivity index (χ2v) is 15.8. The fraction of sp³-hybridized carbons (Fsp3) is 0.222. The van der Waals surface area contributed by atoms with Crippen LogP contribution in [0.4, 0.5) is 9.93 Å². The molecule has 3 amide bonds. The number of nitrogens with two attached hydrogens (primary N) is 2. The van der Waals surface area contributed by atoms with E-state index >= 15 is 0 Å². The number of carboxylic acids is 1. The first kappa shape index (κ1) is 35.5. The molecule has 0 aliphatic carbocycles. The molecule has 20 nitrogen and oxygen atoms in total. The molecule has 1 saturated heterocycles. The minimum Gasteiger partial charge on any atom is -0.504 e. The molecule has 0 radical (unpaired) electrons. The number of fused-ring (bicyclic) bond motifs is 2. The van der Waals surface area contributed by atoms with Crippen LogP contribution >= 0.6 is 34.9 Å². The van der Waals surface area contributed by atoms with Gasteiger partial charge in [0.25, 0.3) is 5.91 Å². The minimum absolute atomic E-state index is 0.00114. The Morgan fingerprint density at radius 3 is 2.69 bits per heavy atom. The molecule has 51 heavy (non-hydrogen) atoms. The highest BCUT2D eigenvalue weighted by Crippen LogP contribution is 2.42. The number of oxime groups is 1. The zero-order valence-corrected chi connectivity index (χ0v) is 29.2. The van der Waals surface area contributed by atoms with Gasteiger partial charge in [0.05, 0.1) is 22.2 Å². The molecule has 1 aromatic heterocycles. The number of phenols is 2. The number of benzene rings is 1. The van der Waals surface area contributed by atoms with E-state index in [0.29, 0.717) is 16.6 Å². The third-order valence-electron chi connectivity index (χ3n) is 7.39. The molecule has 4 aliphatic rings. The summed E-state index contributed by atoms with van der Waals surface area (Å²) in [7, 11) is -4.20. The first-order valence-electron chi connectivity index (χ1n) is 14.3. The summed E-state index contributed by atoms with van der Waals surface area (Å²) in [6.07, 6.45) is 3.07. The summed E-state index contributed by atoms with van der Waals surface area (Å²) < 4.78 is 25.4. The van der Waals surface area contributed by atoms with Gasteiger partial charge in [0, 0.05) is 35.0 Å². The van der Waals surface area contributed by atoms with E-state index in [1.807, 2.05) is 0 Å². The lowest BCUT2D eigenvalue weighted by Gasteiger charge is -2.51. The number of hydrazine groups is 2. The molecular weight excluding hydrogens is 753 g/mol. The van der Waals surface area contributed by atoms with Gasteiger partial charge < -0.3 is 41.8 Å². The third kappa shape index (κ3) is 7.16. The molecule has 0 spiro atoms. The van der Waals surface area contributed by atoms with Crippen LogP contribution in [0.1, 0.15) is 12.6 Å². The summed E-state index contributed by atoms with van der Waals surface area (Å²) >= 11 is 2.93. The van der Waals surface area contributed by atoms with E-state index in [4.69, 9.17) is 16.3 Å². The lowest BCUT2D eigenvalue weighted by Crippen LogP contribution is -2.67. The van der Waals surface area contributed by atoms with Crippen LogP contribution in [0.3, 0.4) is 0 Å². The first-order valence-corrected chi connectivity index (χ1v) is 18.7. The standard InChI is InChI=1S/C27H26N10O10S4/c1-11-4-19(37-18(30-11)7-36(34-37)27(29)44)48-8-13-21(24(41)42)35-6-14(23(35)50-25(13)43)31-22(40)20(15-9-49-26(28)32-15)33-47-10-51(45,46)12-2-3-16(38)17(39)5-12/h2-5,7,9,14,23,34,38-39H,6,8,10H2,1H3,(H2,28,32)(H2,29,44)(H,31,40)(H,41,42)/t14-,23-/m1/s1. The van der Waals surface area contributed by atoms with Crippen molar-refractivity contribution in [3.05, 3.63) is 63.7 Å². The van der Waals surface area contributed by atoms with Crippen molar-refractivity contribution in [2.45, 2.75) is 23.2 Å². The van der Waals surface area contributed by atoms with Gasteiger partial charge in [-0.3, -0.25) is 9.59 Å². The lowest BCUT2D eigenvalue weighted by molar-refractivity contribution is -0.136. The number of nitrogens with one attached hydrogen (secondary N) is 2. The molecule has 6 rings (SSSR count). The summed E-state index contributed by atoms with van der Waals surface area (Å²) in [6.45, 7) is 1.73. The van der Waals surface area contributed by atoms with Crippen LogP contribution in [-0.4, -0.2) is 108 Å². The summed E-state index contributed by atoms with van der Waals surface area (Å²) in [6, 6.07) is 1.31. The zero-order valence-electron chi connectivity index (χ0n) is 25.9. The Labute approximate surface area is 300 Å². The van der Waals surface area contributed by atoms with E-state index in [1.54, 1.807) is 13.0 Å². The Kier molecular flexibility index (Phi) is 9.60. The highest BCUT2D eigenvalue weighted by Gasteiger charge is 2.50. The average molecular weight is 779 g/mol. The van der Waals surface area contributed by atoms with Crippen molar-refractivity contribution in [1.29, 1.82) is 0 Å².